The van der Waals surface area contributed by atoms with E-state index in [0.717, 1.165) is 0 Å². The summed E-state index contributed by atoms with van der Waals surface area (Å²) in [6.07, 6.45) is 1.29. The lowest BCUT2D eigenvalue weighted by Crippen LogP contribution is -2.36. The van der Waals surface area contributed by atoms with Crippen LogP contribution in [-0.4, -0.2) is 28.9 Å². The first-order valence-corrected chi connectivity index (χ1v) is 7.77. The minimum Gasteiger partial charge on any atom is -0.436 e. The highest BCUT2D eigenvalue weighted by molar-refractivity contribution is 6.05. The molecule has 0 unspecified atom stereocenters. The molecule has 9 heteroatoms. The fourth-order valence-corrected chi connectivity index (χ4v) is 2.34. The number of aromatic nitrogens is 1. The van der Waals surface area contributed by atoms with Crippen molar-refractivity contribution < 1.29 is 23.5 Å². The molecule has 134 valence electrons. The molecule has 1 aromatic heterocycles. The van der Waals surface area contributed by atoms with Crippen molar-refractivity contribution in [3.05, 3.63) is 54.0 Å². The van der Waals surface area contributed by atoms with Gasteiger partial charge in [-0.3, -0.25) is 14.9 Å². The molecule has 3 N–H and O–H groups in total. The van der Waals surface area contributed by atoms with Crippen LogP contribution in [0.4, 0.5) is 9.18 Å². The average molecular weight is 358 g/mol. The number of nitrogens with one attached hydrogen (secondary N) is 3. The van der Waals surface area contributed by atoms with Crippen molar-refractivity contribution >= 4 is 17.8 Å². The summed E-state index contributed by atoms with van der Waals surface area (Å²) in [7, 11) is 0. The van der Waals surface area contributed by atoms with Gasteiger partial charge >= 0.3 is 6.03 Å². The second kappa shape index (κ2) is 7.60. The molecule has 0 aliphatic carbocycles. The normalized spacial score (nSPS) is 16.0. The van der Waals surface area contributed by atoms with Gasteiger partial charge in [-0.2, -0.15) is 0 Å². The van der Waals surface area contributed by atoms with Crippen molar-refractivity contribution in [3.63, 3.8) is 0 Å². The number of halogens is 1. The van der Waals surface area contributed by atoms with Gasteiger partial charge in [0.25, 0.3) is 5.91 Å². The Kier molecular flexibility index (Phi) is 5.07. The van der Waals surface area contributed by atoms with Gasteiger partial charge in [-0.05, 0) is 18.2 Å². The minimum atomic E-state index is -0.898. The number of rotatable bonds is 6. The van der Waals surface area contributed by atoms with Crippen LogP contribution >= 0.6 is 0 Å². The van der Waals surface area contributed by atoms with E-state index in [0.29, 0.717) is 5.56 Å². The third-order valence-electron chi connectivity index (χ3n) is 3.62. The molecule has 2 heterocycles. The molecular formula is C17H15FN4O4. The number of nitrogens with zero attached hydrogens (tertiary/aromatic N) is 1. The highest BCUT2D eigenvalue weighted by atomic mass is 19.1. The third-order valence-corrected chi connectivity index (χ3v) is 3.62. The number of ether oxygens (including phenoxy) is 1. The first-order chi connectivity index (χ1) is 12.5. The van der Waals surface area contributed by atoms with Gasteiger partial charge in [0, 0.05) is 18.3 Å². The molecule has 0 saturated carbocycles. The van der Waals surface area contributed by atoms with Gasteiger partial charge in [0.2, 0.25) is 11.8 Å². The number of imide groups is 1. The van der Waals surface area contributed by atoms with E-state index in [9.17, 15) is 18.8 Å². The minimum absolute atomic E-state index is 0.0177. The number of carbonyl (C=O) groups excluding carboxylic acids is 3. The van der Waals surface area contributed by atoms with Gasteiger partial charge in [-0.15, -0.1) is 0 Å². The van der Waals surface area contributed by atoms with Gasteiger partial charge in [-0.1, -0.05) is 18.2 Å². The van der Waals surface area contributed by atoms with E-state index in [1.807, 2.05) is 0 Å². The predicted octanol–water partition coefficient (Wildman–Crippen LogP) is 1.23. The molecule has 3 rings (SSSR count). The third kappa shape index (κ3) is 4.12. The highest BCUT2D eigenvalue weighted by Gasteiger charge is 2.31. The Bertz CT molecular complexity index is 858. The van der Waals surface area contributed by atoms with Crippen LogP contribution in [0.25, 0.3) is 0 Å². The highest BCUT2D eigenvalue weighted by Crippen LogP contribution is 2.25. The van der Waals surface area contributed by atoms with Crippen LogP contribution in [0, 0.1) is 5.82 Å². The van der Waals surface area contributed by atoms with E-state index in [1.165, 1.54) is 18.3 Å². The van der Waals surface area contributed by atoms with Crippen molar-refractivity contribution in [2.24, 2.45) is 0 Å². The SMILES string of the molecule is O=C(C[C@H]1NC(=O)NC1=O)NCc1cccnc1Oc1ccccc1F. The summed E-state index contributed by atoms with van der Waals surface area (Å²) in [5.41, 5.74) is 0.531. The maximum Gasteiger partial charge on any atom is 0.322 e. The molecule has 4 amide bonds. The van der Waals surface area contributed by atoms with Crippen molar-refractivity contribution in [1.82, 2.24) is 20.9 Å². The van der Waals surface area contributed by atoms with Crippen LogP contribution in [0.5, 0.6) is 11.6 Å². The van der Waals surface area contributed by atoms with Gasteiger partial charge in [0.05, 0.1) is 6.42 Å². The molecule has 2 aromatic rings. The maximum atomic E-state index is 13.7. The van der Waals surface area contributed by atoms with Crippen molar-refractivity contribution in [2.45, 2.75) is 19.0 Å². The Morgan fingerprint density at radius 2 is 2.04 bits per heavy atom. The Labute approximate surface area is 147 Å². The Hall–Kier alpha value is -3.49. The summed E-state index contributed by atoms with van der Waals surface area (Å²) >= 11 is 0. The fourth-order valence-electron chi connectivity index (χ4n) is 2.34. The fraction of sp³-hybridized carbons (Fsp3) is 0.176. The van der Waals surface area contributed by atoms with E-state index in [1.54, 1.807) is 24.3 Å². The molecule has 0 radical (unpaired) electrons. The smallest absolute Gasteiger partial charge is 0.322 e. The standard InChI is InChI=1S/C17H15FN4O4/c18-11-5-1-2-6-13(11)26-16-10(4-3-7-19-16)9-20-14(23)8-12-15(24)22-17(25)21-12/h1-7,12H,8-9H2,(H,20,23)(H2,21,22,24,25)/t12-/m1/s1. The van der Waals surface area contributed by atoms with E-state index in [4.69, 9.17) is 4.74 Å². The van der Waals surface area contributed by atoms with Gasteiger partial charge in [-0.25, -0.2) is 14.2 Å². The zero-order valence-corrected chi connectivity index (χ0v) is 13.5. The monoisotopic (exact) mass is 358 g/mol. The lowest BCUT2D eigenvalue weighted by molar-refractivity contribution is -0.126. The molecule has 1 aliphatic rings. The summed E-state index contributed by atoms with van der Waals surface area (Å²) in [5, 5.41) is 7.02. The Morgan fingerprint density at radius 3 is 2.77 bits per heavy atom. The second-order valence-corrected chi connectivity index (χ2v) is 5.50. The topological polar surface area (TPSA) is 109 Å². The van der Waals surface area contributed by atoms with Crippen LogP contribution in [0.15, 0.2) is 42.6 Å². The van der Waals surface area contributed by atoms with Crippen molar-refractivity contribution in [1.29, 1.82) is 0 Å². The molecule has 0 spiro atoms. The number of carbonyl (C=O) groups is 3. The number of urea groups is 1. The summed E-state index contributed by atoms with van der Waals surface area (Å²) in [5.74, 6) is -1.34. The number of pyridine rings is 1. The van der Waals surface area contributed by atoms with E-state index in [2.05, 4.69) is 20.9 Å². The number of para-hydroxylation sites is 1. The lowest BCUT2D eigenvalue weighted by Gasteiger charge is -2.12. The molecule has 8 nitrogen and oxygen atoms in total. The molecule has 1 saturated heterocycles. The first kappa shape index (κ1) is 17.3. The van der Waals surface area contributed by atoms with Gasteiger partial charge in [0.1, 0.15) is 6.04 Å². The van der Waals surface area contributed by atoms with Crippen LogP contribution in [0.3, 0.4) is 0 Å². The van der Waals surface area contributed by atoms with E-state index in [-0.39, 0.29) is 24.6 Å². The van der Waals surface area contributed by atoms with E-state index >= 15 is 0 Å². The maximum absolute atomic E-state index is 13.7. The molecule has 0 bridgehead atoms. The first-order valence-electron chi connectivity index (χ1n) is 7.77. The number of amides is 4. The Balaban J connectivity index is 1.62. The largest absolute Gasteiger partial charge is 0.436 e. The summed E-state index contributed by atoms with van der Waals surface area (Å²) in [4.78, 5) is 38.5. The molecule has 26 heavy (non-hydrogen) atoms. The summed E-state index contributed by atoms with van der Waals surface area (Å²) in [6.45, 7) is 0.0682. The average Bonchev–Trinajstić information content (AvgIpc) is 2.93. The van der Waals surface area contributed by atoms with Crippen LogP contribution in [-0.2, 0) is 16.1 Å². The van der Waals surface area contributed by atoms with Crippen molar-refractivity contribution in [3.8, 4) is 11.6 Å². The van der Waals surface area contributed by atoms with Gasteiger partial charge < -0.3 is 15.4 Å². The number of hydrogen-bond donors (Lipinski definition) is 3. The summed E-state index contributed by atoms with van der Waals surface area (Å²) < 4.78 is 19.2. The molecule has 1 atom stereocenters. The number of benzene rings is 1. The van der Waals surface area contributed by atoms with Crippen LogP contribution in [0.1, 0.15) is 12.0 Å². The molecule has 1 aromatic carbocycles. The van der Waals surface area contributed by atoms with Crippen molar-refractivity contribution in [2.75, 3.05) is 0 Å². The van der Waals surface area contributed by atoms with E-state index < -0.39 is 29.7 Å². The summed E-state index contributed by atoms with van der Waals surface area (Å²) in [6, 6.07) is 7.71. The zero-order chi connectivity index (χ0) is 18.5. The van der Waals surface area contributed by atoms with Crippen LogP contribution < -0.4 is 20.7 Å². The lowest BCUT2D eigenvalue weighted by atomic mass is 10.2. The number of hydrogen-bond acceptors (Lipinski definition) is 5. The molecule has 1 aliphatic heterocycles. The van der Waals surface area contributed by atoms with Crippen LogP contribution in [0.2, 0.25) is 0 Å². The second-order valence-electron chi connectivity index (χ2n) is 5.50. The molecular weight excluding hydrogens is 343 g/mol. The predicted molar refractivity (Wildman–Crippen MR) is 87.6 cm³/mol. The zero-order valence-electron chi connectivity index (χ0n) is 13.5. The van der Waals surface area contributed by atoms with Gasteiger partial charge in [0.15, 0.2) is 11.6 Å². The Morgan fingerprint density at radius 1 is 1.23 bits per heavy atom. The molecule has 1 fully saturated rings. The quantitative estimate of drug-likeness (QED) is 0.673.